The summed E-state index contributed by atoms with van der Waals surface area (Å²) in [7, 11) is 3.56. The average Bonchev–Trinajstić information content (AvgIpc) is 2.46. The normalized spacial score (nSPS) is 19.3. The highest BCUT2D eigenvalue weighted by molar-refractivity contribution is 9.10. The third-order valence-electron chi connectivity index (χ3n) is 3.52. The van der Waals surface area contributed by atoms with Gasteiger partial charge in [0.1, 0.15) is 5.75 Å². The summed E-state index contributed by atoms with van der Waals surface area (Å²) >= 11 is 3.42. The zero-order valence-electron chi connectivity index (χ0n) is 11.3. The maximum Gasteiger partial charge on any atom is 0.253 e. The topological polar surface area (TPSA) is 41.6 Å². The number of halogens is 1. The first-order chi connectivity index (χ1) is 9.15. The minimum Gasteiger partial charge on any atom is -0.496 e. The van der Waals surface area contributed by atoms with E-state index in [0.717, 1.165) is 36.2 Å². The predicted octanol–water partition coefficient (Wildman–Crippen LogP) is 2.28. The van der Waals surface area contributed by atoms with Crippen LogP contribution in [0.25, 0.3) is 0 Å². The van der Waals surface area contributed by atoms with Crippen LogP contribution in [-0.4, -0.2) is 44.1 Å². The van der Waals surface area contributed by atoms with Crippen LogP contribution in [0.1, 0.15) is 23.2 Å². The van der Waals surface area contributed by atoms with Crippen LogP contribution in [0.5, 0.6) is 5.75 Å². The molecular weight excluding hydrogens is 308 g/mol. The molecule has 1 aliphatic heterocycles. The minimum atomic E-state index is 0.0864. The van der Waals surface area contributed by atoms with Crippen molar-refractivity contribution in [3.8, 4) is 5.75 Å². The Labute approximate surface area is 122 Å². The van der Waals surface area contributed by atoms with Crippen LogP contribution in [-0.2, 0) is 0 Å². The van der Waals surface area contributed by atoms with Gasteiger partial charge in [0, 0.05) is 24.7 Å². The highest BCUT2D eigenvalue weighted by atomic mass is 79.9. The van der Waals surface area contributed by atoms with E-state index >= 15 is 0 Å². The van der Waals surface area contributed by atoms with Gasteiger partial charge in [-0.05, 0) is 54.0 Å². The summed E-state index contributed by atoms with van der Waals surface area (Å²) < 4.78 is 5.99. The zero-order valence-corrected chi connectivity index (χ0v) is 12.9. The number of nitrogens with one attached hydrogen (secondary N) is 1. The van der Waals surface area contributed by atoms with E-state index in [1.165, 1.54) is 0 Å². The van der Waals surface area contributed by atoms with E-state index in [9.17, 15) is 4.79 Å². The standard InChI is InChI=1S/C14H19BrN2O2/c1-16-11-4-3-7-17(9-11)14(18)10-5-6-13(19-2)12(15)8-10/h5-6,8,11,16H,3-4,7,9H2,1-2H3. The monoisotopic (exact) mass is 326 g/mol. The van der Waals surface area contributed by atoms with Gasteiger partial charge < -0.3 is 15.0 Å². The number of likely N-dealkylation sites (tertiary alicyclic amines) is 1. The van der Waals surface area contributed by atoms with Crippen molar-refractivity contribution in [2.45, 2.75) is 18.9 Å². The van der Waals surface area contributed by atoms with Crippen LogP contribution >= 0.6 is 15.9 Å². The molecule has 104 valence electrons. The lowest BCUT2D eigenvalue weighted by molar-refractivity contribution is 0.0698. The van der Waals surface area contributed by atoms with Crippen molar-refractivity contribution in [3.63, 3.8) is 0 Å². The Hall–Kier alpha value is -1.07. The Balaban J connectivity index is 2.12. The predicted molar refractivity (Wildman–Crippen MR) is 78.7 cm³/mol. The molecule has 1 amide bonds. The molecule has 1 aromatic rings. The maximum atomic E-state index is 12.4. The molecule has 1 heterocycles. The molecule has 0 saturated carbocycles. The lowest BCUT2D eigenvalue weighted by atomic mass is 10.0. The molecule has 2 rings (SSSR count). The first kappa shape index (κ1) is 14.3. The number of hydrogen-bond donors (Lipinski definition) is 1. The van der Waals surface area contributed by atoms with Gasteiger partial charge in [-0.25, -0.2) is 0 Å². The first-order valence-electron chi connectivity index (χ1n) is 6.45. The second kappa shape index (κ2) is 6.39. The van der Waals surface area contributed by atoms with Crippen molar-refractivity contribution < 1.29 is 9.53 Å². The molecule has 1 N–H and O–H groups in total. The number of nitrogens with zero attached hydrogens (tertiary/aromatic N) is 1. The molecule has 4 nitrogen and oxygen atoms in total. The molecule has 1 aliphatic rings. The maximum absolute atomic E-state index is 12.4. The van der Waals surface area contributed by atoms with Crippen LogP contribution in [0, 0.1) is 0 Å². The van der Waals surface area contributed by atoms with Crippen LogP contribution < -0.4 is 10.1 Å². The Bertz CT molecular complexity index is 465. The Morgan fingerprint density at radius 3 is 2.95 bits per heavy atom. The molecule has 1 unspecified atom stereocenters. The lowest BCUT2D eigenvalue weighted by Gasteiger charge is -2.32. The fraction of sp³-hybridized carbons (Fsp3) is 0.500. The number of rotatable bonds is 3. The Morgan fingerprint density at radius 1 is 1.53 bits per heavy atom. The van der Waals surface area contributed by atoms with Crippen molar-refractivity contribution in [2.75, 3.05) is 27.2 Å². The van der Waals surface area contributed by atoms with Gasteiger partial charge >= 0.3 is 0 Å². The molecule has 1 aromatic carbocycles. The first-order valence-corrected chi connectivity index (χ1v) is 7.25. The molecule has 5 heteroatoms. The molecule has 1 fully saturated rings. The summed E-state index contributed by atoms with van der Waals surface area (Å²) in [6.45, 7) is 1.61. The van der Waals surface area contributed by atoms with E-state index in [-0.39, 0.29) is 5.91 Å². The third-order valence-corrected chi connectivity index (χ3v) is 4.14. The minimum absolute atomic E-state index is 0.0864. The number of hydrogen-bond acceptors (Lipinski definition) is 3. The van der Waals surface area contributed by atoms with Crippen LogP contribution in [0.4, 0.5) is 0 Å². The molecule has 0 aromatic heterocycles. The second-order valence-electron chi connectivity index (χ2n) is 4.73. The van der Waals surface area contributed by atoms with Gasteiger partial charge in [0.25, 0.3) is 5.91 Å². The van der Waals surface area contributed by atoms with Crippen LogP contribution in [0.15, 0.2) is 22.7 Å². The summed E-state index contributed by atoms with van der Waals surface area (Å²) in [6.07, 6.45) is 2.18. The lowest BCUT2D eigenvalue weighted by Crippen LogP contribution is -2.46. The van der Waals surface area contributed by atoms with Crippen molar-refractivity contribution >= 4 is 21.8 Å². The zero-order chi connectivity index (χ0) is 13.8. The second-order valence-corrected chi connectivity index (χ2v) is 5.58. The molecule has 0 spiro atoms. The van der Waals surface area contributed by atoms with Crippen molar-refractivity contribution in [3.05, 3.63) is 28.2 Å². The van der Waals surface area contributed by atoms with E-state index in [4.69, 9.17) is 4.74 Å². The van der Waals surface area contributed by atoms with E-state index in [1.807, 2.05) is 30.1 Å². The number of methoxy groups -OCH3 is 1. The van der Waals surface area contributed by atoms with Crippen molar-refractivity contribution in [1.29, 1.82) is 0 Å². The quantitative estimate of drug-likeness (QED) is 0.926. The molecular formula is C14H19BrN2O2. The van der Waals surface area contributed by atoms with Crippen LogP contribution in [0.3, 0.4) is 0 Å². The Kier molecular flexibility index (Phi) is 4.82. The number of piperidine rings is 1. The van der Waals surface area contributed by atoms with E-state index in [2.05, 4.69) is 21.2 Å². The van der Waals surface area contributed by atoms with Crippen molar-refractivity contribution in [2.24, 2.45) is 0 Å². The molecule has 0 bridgehead atoms. The number of carbonyl (C=O) groups is 1. The van der Waals surface area contributed by atoms with Crippen LogP contribution in [0.2, 0.25) is 0 Å². The number of carbonyl (C=O) groups excluding carboxylic acids is 1. The van der Waals surface area contributed by atoms with Gasteiger partial charge in [-0.15, -0.1) is 0 Å². The molecule has 0 aliphatic carbocycles. The SMILES string of the molecule is CNC1CCCN(C(=O)c2ccc(OC)c(Br)c2)C1. The largest absolute Gasteiger partial charge is 0.496 e. The van der Waals surface area contributed by atoms with Gasteiger partial charge in [0.05, 0.1) is 11.6 Å². The third kappa shape index (κ3) is 3.28. The average molecular weight is 327 g/mol. The number of ether oxygens (including phenoxy) is 1. The number of likely N-dealkylation sites (N-methyl/N-ethyl adjacent to an activating group) is 1. The van der Waals surface area contributed by atoms with Gasteiger partial charge in [-0.2, -0.15) is 0 Å². The summed E-state index contributed by atoms with van der Waals surface area (Å²) in [5, 5.41) is 3.25. The smallest absolute Gasteiger partial charge is 0.253 e. The van der Waals surface area contributed by atoms with E-state index in [1.54, 1.807) is 7.11 Å². The fourth-order valence-electron chi connectivity index (χ4n) is 2.38. The van der Waals surface area contributed by atoms with E-state index < -0.39 is 0 Å². The fourth-order valence-corrected chi connectivity index (χ4v) is 2.92. The van der Waals surface area contributed by atoms with Gasteiger partial charge in [0.2, 0.25) is 0 Å². The number of benzene rings is 1. The summed E-state index contributed by atoms with van der Waals surface area (Å²) in [5.41, 5.74) is 0.699. The van der Waals surface area contributed by atoms with Gasteiger partial charge in [-0.1, -0.05) is 0 Å². The van der Waals surface area contributed by atoms with Gasteiger partial charge in [0.15, 0.2) is 0 Å². The molecule has 0 radical (unpaired) electrons. The van der Waals surface area contributed by atoms with Crippen molar-refractivity contribution in [1.82, 2.24) is 10.2 Å². The summed E-state index contributed by atoms with van der Waals surface area (Å²) in [4.78, 5) is 14.4. The number of amides is 1. The highest BCUT2D eigenvalue weighted by Crippen LogP contribution is 2.26. The highest BCUT2D eigenvalue weighted by Gasteiger charge is 2.23. The molecule has 19 heavy (non-hydrogen) atoms. The molecule has 1 atom stereocenters. The summed E-state index contributed by atoms with van der Waals surface area (Å²) in [6, 6.07) is 5.86. The van der Waals surface area contributed by atoms with Gasteiger partial charge in [-0.3, -0.25) is 4.79 Å². The molecule has 1 saturated heterocycles. The Morgan fingerprint density at radius 2 is 2.32 bits per heavy atom. The van der Waals surface area contributed by atoms with E-state index in [0.29, 0.717) is 11.6 Å². The summed E-state index contributed by atoms with van der Waals surface area (Å²) in [5.74, 6) is 0.826.